The lowest BCUT2D eigenvalue weighted by Crippen LogP contribution is -2.29. The van der Waals surface area contributed by atoms with Crippen molar-refractivity contribution in [1.82, 2.24) is 9.88 Å². The van der Waals surface area contributed by atoms with Gasteiger partial charge in [0, 0.05) is 9.86 Å². The monoisotopic (exact) mass is 380 g/mol. The first kappa shape index (κ1) is 15.0. The summed E-state index contributed by atoms with van der Waals surface area (Å²) in [6.45, 7) is 2.04. The number of rotatable bonds is 2. The van der Waals surface area contributed by atoms with Crippen molar-refractivity contribution in [2.75, 3.05) is 0 Å². The number of carbonyl (C=O) groups excluding carboxylic acids is 2. The van der Waals surface area contributed by atoms with Gasteiger partial charge >= 0.3 is 0 Å². The van der Waals surface area contributed by atoms with Crippen LogP contribution in [0.5, 0.6) is 0 Å². The van der Waals surface area contributed by atoms with Crippen LogP contribution in [-0.4, -0.2) is 21.7 Å². The van der Waals surface area contributed by atoms with Crippen molar-refractivity contribution in [3.8, 4) is 0 Å². The Hall–Kier alpha value is -2.53. The number of benzene rings is 2. The molecule has 0 N–H and O–H groups in total. The number of hydrogen-bond donors (Lipinski definition) is 0. The van der Waals surface area contributed by atoms with E-state index in [1.54, 1.807) is 6.92 Å². The van der Waals surface area contributed by atoms with Crippen LogP contribution in [0.2, 0.25) is 0 Å². The molecule has 0 spiro atoms. The molecule has 118 valence electrons. The van der Waals surface area contributed by atoms with Crippen molar-refractivity contribution in [1.29, 1.82) is 0 Å². The molecule has 4 nitrogen and oxygen atoms in total. The first-order chi connectivity index (χ1) is 11.6. The predicted octanol–water partition coefficient (Wildman–Crippen LogP) is 4.10. The summed E-state index contributed by atoms with van der Waals surface area (Å²) in [4.78, 5) is 31.6. The van der Waals surface area contributed by atoms with Gasteiger partial charge in [-0.15, -0.1) is 0 Å². The van der Waals surface area contributed by atoms with Gasteiger partial charge in [-0.3, -0.25) is 19.5 Å². The van der Waals surface area contributed by atoms with Gasteiger partial charge in [0.05, 0.1) is 28.9 Å². The Balaban J connectivity index is 1.88. The maximum absolute atomic E-state index is 13.0. The molecule has 2 aromatic carbocycles. The van der Waals surface area contributed by atoms with E-state index in [1.165, 1.54) is 4.90 Å². The highest BCUT2D eigenvalue weighted by molar-refractivity contribution is 9.10. The molecule has 3 aromatic rings. The first-order valence-electron chi connectivity index (χ1n) is 7.56. The fourth-order valence-corrected chi connectivity index (χ4v) is 3.47. The van der Waals surface area contributed by atoms with Crippen LogP contribution < -0.4 is 0 Å². The molecule has 0 atom stereocenters. The molecule has 0 aliphatic carbocycles. The zero-order chi connectivity index (χ0) is 16.8. The zero-order valence-electron chi connectivity index (χ0n) is 12.9. The lowest BCUT2D eigenvalue weighted by atomic mass is 10.0. The number of carbonyl (C=O) groups is 2. The normalized spacial score (nSPS) is 13.7. The average Bonchev–Trinajstić information content (AvgIpc) is 2.82. The third-order valence-corrected chi connectivity index (χ3v) is 4.72. The minimum absolute atomic E-state index is 0.257. The van der Waals surface area contributed by atoms with Crippen LogP contribution in [0, 0.1) is 6.92 Å². The van der Waals surface area contributed by atoms with Gasteiger partial charge in [0.25, 0.3) is 11.8 Å². The summed E-state index contributed by atoms with van der Waals surface area (Å²) in [7, 11) is 0. The van der Waals surface area contributed by atoms with Crippen LogP contribution in [0.3, 0.4) is 0 Å². The number of nitrogens with zero attached hydrogens (tertiary/aromatic N) is 2. The van der Waals surface area contributed by atoms with Gasteiger partial charge in [0.1, 0.15) is 0 Å². The average molecular weight is 381 g/mol. The molecular weight excluding hydrogens is 368 g/mol. The molecule has 1 aromatic heterocycles. The summed E-state index contributed by atoms with van der Waals surface area (Å²) in [6.07, 6.45) is 0. The van der Waals surface area contributed by atoms with Gasteiger partial charge in [0.15, 0.2) is 0 Å². The largest absolute Gasteiger partial charge is 0.270 e. The smallest absolute Gasteiger partial charge is 0.263 e. The molecule has 4 rings (SSSR count). The Labute approximate surface area is 147 Å². The SMILES string of the molecule is Cc1nc2ccc(Br)cc2c2c1C(=O)N(Cc1ccccc1)C2=O. The summed E-state index contributed by atoms with van der Waals surface area (Å²) in [5, 5.41) is 0.707. The van der Waals surface area contributed by atoms with E-state index in [9.17, 15) is 9.59 Å². The fraction of sp³-hybridized carbons (Fsp3) is 0.105. The molecule has 1 aliphatic heterocycles. The van der Waals surface area contributed by atoms with Gasteiger partial charge in [-0.1, -0.05) is 46.3 Å². The number of aromatic nitrogens is 1. The van der Waals surface area contributed by atoms with E-state index in [0.29, 0.717) is 22.2 Å². The van der Waals surface area contributed by atoms with E-state index in [4.69, 9.17) is 0 Å². The van der Waals surface area contributed by atoms with Gasteiger partial charge in [-0.2, -0.15) is 0 Å². The number of aryl methyl sites for hydroxylation is 1. The number of pyridine rings is 1. The zero-order valence-corrected chi connectivity index (χ0v) is 14.5. The minimum Gasteiger partial charge on any atom is -0.270 e. The Morgan fingerprint density at radius 1 is 1.00 bits per heavy atom. The molecule has 0 radical (unpaired) electrons. The summed E-state index contributed by atoms with van der Waals surface area (Å²) < 4.78 is 0.851. The van der Waals surface area contributed by atoms with Crippen LogP contribution in [0.15, 0.2) is 53.0 Å². The molecule has 0 unspecified atom stereocenters. The molecule has 0 bridgehead atoms. The van der Waals surface area contributed by atoms with E-state index in [2.05, 4.69) is 20.9 Å². The molecule has 5 heteroatoms. The van der Waals surface area contributed by atoms with Crippen LogP contribution in [0.25, 0.3) is 10.9 Å². The van der Waals surface area contributed by atoms with Crippen molar-refractivity contribution >= 4 is 38.6 Å². The highest BCUT2D eigenvalue weighted by Crippen LogP contribution is 2.33. The van der Waals surface area contributed by atoms with E-state index < -0.39 is 0 Å². The quantitative estimate of drug-likeness (QED) is 0.628. The number of hydrogen-bond acceptors (Lipinski definition) is 3. The van der Waals surface area contributed by atoms with E-state index in [1.807, 2.05) is 48.5 Å². The van der Waals surface area contributed by atoms with Crippen LogP contribution in [0.1, 0.15) is 32.0 Å². The van der Waals surface area contributed by atoms with Crippen molar-refractivity contribution in [2.24, 2.45) is 0 Å². The maximum atomic E-state index is 13.0. The number of halogens is 1. The summed E-state index contributed by atoms with van der Waals surface area (Å²) >= 11 is 3.43. The summed E-state index contributed by atoms with van der Waals surface area (Å²) in [5.41, 5.74) is 3.11. The van der Waals surface area contributed by atoms with Crippen LogP contribution in [-0.2, 0) is 6.54 Å². The van der Waals surface area contributed by atoms with Gasteiger partial charge in [0.2, 0.25) is 0 Å². The molecule has 0 saturated heterocycles. The van der Waals surface area contributed by atoms with Crippen molar-refractivity contribution in [2.45, 2.75) is 13.5 Å². The maximum Gasteiger partial charge on any atom is 0.263 e. The Kier molecular flexibility index (Phi) is 3.46. The van der Waals surface area contributed by atoms with E-state index in [-0.39, 0.29) is 18.4 Å². The third kappa shape index (κ3) is 2.24. The van der Waals surface area contributed by atoms with Crippen LogP contribution >= 0.6 is 15.9 Å². The minimum atomic E-state index is -0.272. The predicted molar refractivity (Wildman–Crippen MR) is 94.8 cm³/mol. The molecule has 2 amide bonds. The summed E-state index contributed by atoms with van der Waals surface area (Å²) in [6, 6.07) is 15.1. The molecule has 2 heterocycles. The van der Waals surface area contributed by atoms with Gasteiger partial charge in [-0.05, 0) is 30.7 Å². The summed E-state index contributed by atoms with van der Waals surface area (Å²) in [5.74, 6) is -0.529. The van der Waals surface area contributed by atoms with Crippen molar-refractivity contribution in [3.63, 3.8) is 0 Å². The molecule has 24 heavy (non-hydrogen) atoms. The second-order valence-corrected chi connectivity index (χ2v) is 6.71. The Bertz CT molecular complexity index is 999. The van der Waals surface area contributed by atoms with Gasteiger partial charge in [-0.25, -0.2) is 0 Å². The molecular formula is C19H13BrN2O2. The van der Waals surface area contributed by atoms with Crippen molar-refractivity contribution in [3.05, 3.63) is 75.4 Å². The second-order valence-electron chi connectivity index (χ2n) is 5.79. The van der Waals surface area contributed by atoms with E-state index in [0.717, 1.165) is 15.6 Å². The lowest BCUT2D eigenvalue weighted by molar-refractivity contribution is 0.0642. The second kappa shape index (κ2) is 5.53. The van der Waals surface area contributed by atoms with Crippen molar-refractivity contribution < 1.29 is 9.59 Å². The molecule has 0 fully saturated rings. The topological polar surface area (TPSA) is 50.3 Å². The van der Waals surface area contributed by atoms with Crippen LogP contribution in [0.4, 0.5) is 0 Å². The highest BCUT2D eigenvalue weighted by Gasteiger charge is 2.39. The molecule has 1 aliphatic rings. The lowest BCUT2D eigenvalue weighted by Gasteiger charge is -2.13. The number of imide groups is 1. The Morgan fingerprint density at radius 3 is 2.46 bits per heavy atom. The van der Waals surface area contributed by atoms with E-state index >= 15 is 0 Å². The molecule has 0 saturated carbocycles. The highest BCUT2D eigenvalue weighted by atomic mass is 79.9. The number of fused-ring (bicyclic) bond motifs is 3. The van der Waals surface area contributed by atoms with Gasteiger partial charge < -0.3 is 0 Å². The first-order valence-corrected chi connectivity index (χ1v) is 8.35. The Morgan fingerprint density at radius 2 is 1.71 bits per heavy atom. The fourth-order valence-electron chi connectivity index (χ4n) is 3.11. The number of amides is 2. The standard InChI is InChI=1S/C19H13BrN2O2/c1-11-16-17(14-9-13(20)7-8-15(14)21-11)19(24)22(18(16)23)10-12-5-3-2-4-6-12/h2-9H,10H2,1H3. The third-order valence-electron chi connectivity index (χ3n) is 4.23.